The van der Waals surface area contributed by atoms with Crippen molar-refractivity contribution in [1.82, 2.24) is 0 Å². The molecule has 2 aromatic rings. The van der Waals surface area contributed by atoms with Crippen molar-refractivity contribution >= 4 is 17.3 Å². The average Bonchev–Trinajstić information content (AvgIpc) is 2.64. The Balaban J connectivity index is 1.81. The molecular formula is C19H20N2O4. The van der Waals surface area contributed by atoms with E-state index in [9.17, 15) is 4.79 Å². The van der Waals surface area contributed by atoms with Crippen LogP contribution in [0.15, 0.2) is 70.9 Å². The molecular weight excluding hydrogens is 320 g/mol. The van der Waals surface area contributed by atoms with E-state index < -0.39 is 5.97 Å². The Kier molecular flexibility index (Phi) is 6.71. The summed E-state index contributed by atoms with van der Waals surface area (Å²) in [5.74, 6) is 1.02. The van der Waals surface area contributed by atoms with Crippen molar-refractivity contribution in [3.05, 3.63) is 60.7 Å². The molecule has 0 spiro atoms. The van der Waals surface area contributed by atoms with Gasteiger partial charge in [-0.1, -0.05) is 6.58 Å². The maximum absolute atomic E-state index is 11.2. The van der Waals surface area contributed by atoms with Gasteiger partial charge in [0.05, 0.1) is 18.5 Å². The second-order valence-electron chi connectivity index (χ2n) is 5.16. The number of hydrogen-bond acceptors (Lipinski definition) is 6. The molecule has 2 aromatic carbocycles. The minimum absolute atomic E-state index is 0.171. The van der Waals surface area contributed by atoms with Gasteiger partial charge in [0.25, 0.3) is 0 Å². The van der Waals surface area contributed by atoms with E-state index in [1.165, 1.54) is 0 Å². The molecule has 0 radical (unpaired) electrons. The van der Waals surface area contributed by atoms with E-state index in [0.717, 1.165) is 11.4 Å². The lowest BCUT2D eigenvalue weighted by Crippen LogP contribution is -2.12. The summed E-state index contributed by atoms with van der Waals surface area (Å²) in [6, 6.07) is 14.5. The molecule has 0 heterocycles. The molecule has 0 amide bonds. The van der Waals surface area contributed by atoms with Crippen molar-refractivity contribution in [3.63, 3.8) is 0 Å². The molecule has 0 aliphatic carbocycles. The Morgan fingerprint density at radius 3 is 1.92 bits per heavy atom. The number of methoxy groups -OCH3 is 1. The van der Waals surface area contributed by atoms with Gasteiger partial charge in [-0.3, -0.25) is 0 Å². The van der Waals surface area contributed by atoms with Gasteiger partial charge in [-0.2, -0.15) is 10.2 Å². The molecule has 6 nitrogen and oxygen atoms in total. The zero-order valence-electron chi connectivity index (χ0n) is 14.3. The molecule has 0 bridgehead atoms. The van der Waals surface area contributed by atoms with Gasteiger partial charge in [-0.15, -0.1) is 0 Å². The molecule has 0 unspecified atom stereocenters. The number of carbonyl (C=O) groups excluding carboxylic acids is 1. The third-order valence-electron chi connectivity index (χ3n) is 3.12. The van der Waals surface area contributed by atoms with Gasteiger partial charge >= 0.3 is 5.97 Å². The van der Waals surface area contributed by atoms with Crippen molar-refractivity contribution < 1.29 is 19.0 Å². The predicted octanol–water partition coefficient (Wildman–Crippen LogP) is 4.61. The molecule has 0 saturated carbocycles. The minimum Gasteiger partial charge on any atom is -0.497 e. The molecule has 25 heavy (non-hydrogen) atoms. The summed E-state index contributed by atoms with van der Waals surface area (Å²) < 4.78 is 15.5. The van der Waals surface area contributed by atoms with Crippen molar-refractivity contribution in [3.8, 4) is 11.5 Å². The quantitative estimate of drug-likeness (QED) is 0.304. The Bertz CT molecular complexity index is 737. The number of benzene rings is 2. The minimum atomic E-state index is -0.419. The number of carbonyl (C=O) groups is 1. The van der Waals surface area contributed by atoms with Crippen LogP contribution in [-0.2, 0) is 9.53 Å². The first-order valence-corrected chi connectivity index (χ1v) is 7.70. The summed E-state index contributed by atoms with van der Waals surface area (Å²) in [7, 11) is 1.62. The van der Waals surface area contributed by atoms with Gasteiger partial charge in [0.15, 0.2) is 0 Å². The highest BCUT2D eigenvalue weighted by Gasteiger charge is 2.02. The highest BCUT2D eigenvalue weighted by molar-refractivity contribution is 5.86. The summed E-state index contributed by atoms with van der Waals surface area (Å²) in [5.41, 5.74) is 1.81. The largest absolute Gasteiger partial charge is 0.497 e. The number of hydrogen-bond donors (Lipinski definition) is 0. The van der Waals surface area contributed by atoms with Gasteiger partial charge in [-0.05, 0) is 55.5 Å². The topological polar surface area (TPSA) is 69.5 Å². The van der Waals surface area contributed by atoms with Crippen LogP contribution >= 0.6 is 0 Å². The molecule has 6 heteroatoms. The van der Waals surface area contributed by atoms with Crippen LogP contribution in [0.4, 0.5) is 11.4 Å². The summed E-state index contributed by atoms with van der Waals surface area (Å²) in [5, 5.41) is 8.32. The monoisotopic (exact) mass is 340 g/mol. The van der Waals surface area contributed by atoms with Gasteiger partial charge in [-0.25, -0.2) is 4.79 Å². The van der Waals surface area contributed by atoms with E-state index >= 15 is 0 Å². The lowest BCUT2D eigenvalue weighted by molar-refractivity contribution is -0.139. The maximum Gasteiger partial charge on any atom is 0.333 e. The third kappa shape index (κ3) is 6.10. The zero-order valence-corrected chi connectivity index (χ0v) is 14.3. The van der Waals surface area contributed by atoms with Crippen molar-refractivity contribution in [2.75, 3.05) is 20.3 Å². The summed E-state index contributed by atoms with van der Waals surface area (Å²) in [4.78, 5) is 11.2. The van der Waals surface area contributed by atoms with Crippen LogP contribution in [0.2, 0.25) is 0 Å². The summed E-state index contributed by atoms with van der Waals surface area (Å²) in [6.45, 7) is 5.55. The number of azo groups is 1. The molecule has 0 fully saturated rings. The van der Waals surface area contributed by atoms with E-state index in [-0.39, 0.29) is 13.2 Å². The first-order valence-electron chi connectivity index (χ1n) is 7.70. The van der Waals surface area contributed by atoms with Crippen molar-refractivity contribution in [2.24, 2.45) is 10.2 Å². The Morgan fingerprint density at radius 1 is 0.920 bits per heavy atom. The predicted molar refractivity (Wildman–Crippen MR) is 94.9 cm³/mol. The fourth-order valence-corrected chi connectivity index (χ4v) is 1.79. The van der Waals surface area contributed by atoms with Gasteiger partial charge < -0.3 is 14.2 Å². The first kappa shape index (κ1) is 18.2. The lowest BCUT2D eigenvalue weighted by Gasteiger charge is -2.07. The SMILES string of the molecule is C=C(C)C(=O)OCCOc1ccc(N=Nc2ccc(OC)cc2)cc1. The molecule has 0 aromatic heterocycles. The molecule has 0 saturated heterocycles. The fourth-order valence-electron chi connectivity index (χ4n) is 1.79. The molecule has 2 rings (SSSR count). The van der Waals surface area contributed by atoms with E-state index in [1.807, 2.05) is 24.3 Å². The van der Waals surface area contributed by atoms with Crippen LogP contribution in [0.25, 0.3) is 0 Å². The fraction of sp³-hybridized carbons (Fsp3) is 0.211. The number of ether oxygens (including phenoxy) is 3. The van der Waals surface area contributed by atoms with Crippen LogP contribution in [0.5, 0.6) is 11.5 Å². The van der Waals surface area contributed by atoms with Gasteiger partial charge in [0, 0.05) is 5.57 Å². The molecule has 0 aliphatic heterocycles. The van der Waals surface area contributed by atoms with Crippen molar-refractivity contribution in [2.45, 2.75) is 6.92 Å². The van der Waals surface area contributed by atoms with Crippen LogP contribution in [0.3, 0.4) is 0 Å². The molecule has 0 N–H and O–H groups in total. The molecule has 0 aliphatic rings. The number of nitrogens with zero attached hydrogens (tertiary/aromatic N) is 2. The first-order chi connectivity index (χ1) is 12.1. The summed E-state index contributed by atoms with van der Waals surface area (Å²) in [6.07, 6.45) is 0. The van der Waals surface area contributed by atoms with E-state index in [0.29, 0.717) is 17.0 Å². The zero-order chi connectivity index (χ0) is 18.1. The standard InChI is InChI=1S/C19H20N2O4/c1-14(2)19(22)25-13-12-24-18-10-6-16(7-11-18)21-20-15-4-8-17(23-3)9-5-15/h4-11H,1,12-13H2,2-3H3. The van der Waals surface area contributed by atoms with Gasteiger partial charge in [0.2, 0.25) is 0 Å². The second kappa shape index (κ2) is 9.22. The van der Waals surface area contributed by atoms with Crippen LogP contribution in [-0.4, -0.2) is 26.3 Å². The maximum atomic E-state index is 11.2. The Hall–Kier alpha value is -3.15. The molecule has 130 valence electrons. The Labute approximate surface area is 146 Å². The normalized spacial score (nSPS) is 10.5. The van der Waals surface area contributed by atoms with Crippen LogP contribution in [0, 0.1) is 0 Å². The average molecular weight is 340 g/mol. The van der Waals surface area contributed by atoms with Gasteiger partial charge in [0.1, 0.15) is 24.7 Å². The molecule has 0 atom stereocenters. The lowest BCUT2D eigenvalue weighted by atomic mass is 10.3. The summed E-state index contributed by atoms with van der Waals surface area (Å²) >= 11 is 0. The van der Waals surface area contributed by atoms with Crippen molar-refractivity contribution in [1.29, 1.82) is 0 Å². The van der Waals surface area contributed by atoms with Crippen LogP contribution in [0.1, 0.15) is 6.92 Å². The van der Waals surface area contributed by atoms with E-state index in [1.54, 1.807) is 38.3 Å². The Morgan fingerprint density at radius 2 is 1.44 bits per heavy atom. The number of esters is 1. The van der Waals surface area contributed by atoms with E-state index in [2.05, 4.69) is 16.8 Å². The highest BCUT2D eigenvalue weighted by Crippen LogP contribution is 2.22. The second-order valence-corrected chi connectivity index (χ2v) is 5.16. The highest BCUT2D eigenvalue weighted by atomic mass is 16.6. The van der Waals surface area contributed by atoms with E-state index in [4.69, 9.17) is 14.2 Å². The smallest absolute Gasteiger partial charge is 0.333 e. The third-order valence-corrected chi connectivity index (χ3v) is 3.12. The van der Waals surface area contributed by atoms with Crippen LogP contribution < -0.4 is 9.47 Å². The number of rotatable bonds is 8.